The van der Waals surface area contributed by atoms with E-state index in [1.807, 2.05) is 30.4 Å². The van der Waals surface area contributed by atoms with Gasteiger partial charge in [-0.15, -0.1) is 0 Å². The van der Waals surface area contributed by atoms with Gasteiger partial charge >= 0.3 is 0 Å². The summed E-state index contributed by atoms with van der Waals surface area (Å²) >= 11 is 6.25. The van der Waals surface area contributed by atoms with Crippen LogP contribution < -0.4 is 5.73 Å². The van der Waals surface area contributed by atoms with E-state index in [1.165, 1.54) is 43.3 Å². The zero-order valence-corrected chi connectivity index (χ0v) is 19.1. The van der Waals surface area contributed by atoms with Crippen molar-refractivity contribution in [1.82, 2.24) is 4.90 Å². The van der Waals surface area contributed by atoms with Gasteiger partial charge < -0.3 is 5.73 Å². The lowest BCUT2D eigenvalue weighted by Gasteiger charge is -2.37. The number of nitrogens with two attached hydrogens (primary N) is 1. The van der Waals surface area contributed by atoms with Crippen LogP contribution in [0, 0.1) is 5.92 Å². The highest BCUT2D eigenvalue weighted by atomic mass is 35.5. The molecule has 158 valence electrons. The molecular formula is C26H37ClN2. The first-order chi connectivity index (χ1) is 14.0. The van der Waals surface area contributed by atoms with E-state index in [1.54, 1.807) is 0 Å². The third-order valence-corrected chi connectivity index (χ3v) is 6.14. The molecule has 1 saturated carbocycles. The van der Waals surface area contributed by atoms with Crippen molar-refractivity contribution in [3.63, 3.8) is 0 Å². The van der Waals surface area contributed by atoms with Crippen LogP contribution in [-0.4, -0.2) is 24.0 Å². The summed E-state index contributed by atoms with van der Waals surface area (Å²) in [5, 5.41) is 0.733. The fourth-order valence-corrected chi connectivity index (χ4v) is 4.50. The third-order valence-electron chi connectivity index (χ3n) is 5.90. The van der Waals surface area contributed by atoms with E-state index < -0.39 is 0 Å². The van der Waals surface area contributed by atoms with Crippen LogP contribution in [0.4, 0.5) is 5.69 Å². The highest BCUT2D eigenvalue weighted by molar-refractivity contribution is 6.30. The molecule has 0 amide bonds. The molecule has 1 aromatic rings. The van der Waals surface area contributed by atoms with Gasteiger partial charge in [-0.1, -0.05) is 80.3 Å². The monoisotopic (exact) mass is 412 g/mol. The fourth-order valence-electron chi connectivity index (χ4n) is 4.33. The lowest BCUT2D eigenvalue weighted by atomic mass is 9.82. The van der Waals surface area contributed by atoms with Gasteiger partial charge in [-0.2, -0.15) is 0 Å². The molecule has 3 heteroatoms. The van der Waals surface area contributed by atoms with Gasteiger partial charge in [-0.25, -0.2) is 0 Å². The first-order valence-corrected chi connectivity index (χ1v) is 11.3. The number of likely N-dealkylation sites (N-methyl/N-ethyl adjacent to an activating group) is 1. The average Bonchev–Trinajstić information content (AvgIpc) is 2.73. The van der Waals surface area contributed by atoms with E-state index in [0.717, 1.165) is 29.4 Å². The Labute approximate surface area is 182 Å². The molecule has 1 aliphatic rings. The maximum atomic E-state index is 6.26. The maximum Gasteiger partial charge on any atom is 0.0413 e. The van der Waals surface area contributed by atoms with Crippen molar-refractivity contribution in [3.05, 3.63) is 71.3 Å². The van der Waals surface area contributed by atoms with Gasteiger partial charge in [-0.05, 0) is 62.9 Å². The topological polar surface area (TPSA) is 29.3 Å². The molecule has 2 rings (SSSR count). The van der Waals surface area contributed by atoms with Gasteiger partial charge in [0, 0.05) is 28.9 Å². The Morgan fingerprint density at radius 1 is 1.24 bits per heavy atom. The highest BCUT2D eigenvalue weighted by Crippen LogP contribution is 2.33. The molecule has 29 heavy (non-hydrogen) atoms. The molecule has 0 radical (unpaired) electrons. The molecule has 0 saturated heterocycles. The highest BCUT2D eigenvalue weighted by Gasteiger charge is 2.27. The second kappa shape index (κ2) is 12.0. The van der Waals surface area contributed by atoms with Crippen LogP contribution in [0.1, 0.15) is 58.4 Å². The maximum absolute atomic E-state index is 6.26. The number of hydrogen-bond donors (Lipinski definition) is 1. The minimum atomic E-state index is 0.408. The summed E-state index contributed by atoms with van der Waals surface area (Å²) < 4.78 is 0. The number of hydrogen-bond acceptors (Lipinski definition) is 2. The van der Waals surface area contributed by atoms with Crippen molar-refractivity contribution in [3.8, 4) is 0 Å². The van der Waals surface area contributed by atoms with Gasteiger partial charge in [0.2, 0.25) is 0 Å². The summed E-state index contributed by atoms with van der Waals surface area (Å²) in [5.74, 6) is 0.690. The van der Waals surface area contributed by atoms with Crippen molar-refractivity contribution < 1.29 is 0 Å². The predicted octanol–water partition coefficient (Wildman–Crippen LogP) is 7.28. The third kappa shape index (κ3) is 7.21. The van der Waals surface area contributed by atoms with Gasteiger partial charge in [-0.3, -0.25) is 4.90 Å². The molecule has 2 N–H and O–H groups in total. The SMILES string of the molecule is C=C/C=C\C=C(/C)CN(CC)C(/C=C(\C)c1cc(Cl)ccc1N)C1CCCCC1. The molecule has 0 aromatic heterocycles. The van der Waals surface area contributed by atoms with Crippen molar-refractivity contribution in [2.45, 2.75) is 58.9 Å². The molecule has 2 nitrogen and oxygen atoms in total. The average molecular weight is 413 g/mol. The van der Waals surface area contributed by atoms with E-state index in [0.29, 0.717) is 12.0 Å². The summed E-state index contributed by atoms with van der Waals surface area (Å²) in [4.78, 5) is 2.60. The minimum absolute atomic E-state index is 0.408. The summed E-state index contributed by atoms with van der Waals surface area (Å²) in [5.41, 5.74) is 10.7. The van der Waals surface area contributed by atoms with E-state index in [4.69, 9.17) is 17.3 Å². The Morgan fingerprint density at radius 2 is 1.97 bits per heavy atom. The second-order valence-electron chi connectivity index (χ2n) is 8.17. The van der Waals surface area contributed by atoms with Gasteiger partial charge in [0.15, 0.2) is 0 Å². The second-order valence-corrected chi connectivity index (χ2v) is 8.60. The molecule has 1 aliphatic carbocycles. The number of allylic oxidation sites excluding steroid dienone is 5. The number of rotatable bonds is 9. The van der Waals surface area contributed by atoms with E-state index >= 15 is 0 Å². The number of benzene rings is 1. The van der Waals surface area contributed by atoms with Crippen LogP contribution in [0.2, 0.25) is 5.02 Å². The van der Waals surface area contributed by atoms with Gasteiger partial charge in [0.05, 0.1) is 0 Å². The molecule has 0 bridgehead atoms. The summed E-state index contributed by atoms with van der Waals surface area (Å²) in [6.07, 6.45) is 17.1. The van der Waals surface area contributed by atoms with Crippen LogP contribution in [-0.2, 0) is 0 Å². The molecular weight excluding hydrogens is 376 g/mol. The first kappa shape index (κ1) is 23.5. The molecule has 0 spiro atoms. The summed E-state index contributed by atoms with van der Waals surface area (Å²) in [7, 11) is 0. The van der Waals surface area contributed by atoms with Gasteiger partial charge in [0.1, 0.15) is 0 Å². The molecule has 1 fully saturated rings. The Hall–Kier alpha value is -1.77. The Morgan fingerprint density at radius 3 is 2.62 bits per heavy atom. The van der Waals surface area contributed by atoms with Crippen LogP contribution in [0.25, 0.3) is 5.57 Å². The van der Waals surface area contributed by atoms with Crippen LogP contribution in [0.15, 0.2) is 60.7 Å². The van der Waals surface area contributed by atoms with Gasteiger partial charge in [0.25, 0.3) is 0 Å². The van der Waals surface area contributed by atoms with E-state index in [2.05, 4.69) is 50.5 Å². The standard InChI is InChI=1S/C26H37ClN2/c1-5-7-9-12-20(3)19-29(6-2)26(22-13-10-8-11-14-22)17-21(4)24-18-23(27)15-16-25(24)28/h5,7,9,12,15-18,22,26H,1,6,8,10-11,13-14,19,28H2,2-4H3/b9-7-,20-12+,21-17+. The summed E-state index contributed by atoms with van der Waals surface area (Å²) in [6.45, 7) is 12.4. The van der Waals surface area contributed by atoms with Crippen molar-refractivity contribution >= 4 is 22.9 Å². The number of halogens is 1. The minimum Gasteiger partial charge on any atom is -0.398 e. The van der Waals surface area contributed by atoms with Crippen LogP contribution in [0.5, 0.6) is 0 Å². The molecule has 1 atom stereocenters. The van der Waals surface area contributed by atoms with E-state index in [9.17, 15) is 0 Å². The molecule has 0 aliphatic heterocycles. The zero-order valence-electron chi connectivity index (χ0n) is 18.3. The van der Waals surface area contributed by atoms with Crippen molar-refractivity contribution in [1.29, 1.82) is 0 Å². The smallest absolute Gasteiger partial charge is 0.0413 e. The molecule has 0 heterocycles. The van der Waals surface area contributed by atoms with Crippen molar-refractivity contribution in [2.24, 2.45) is 5.92 Å². The Bertz CT molecular complexity index is 754. The quantitative estimate of drug-likeness (QED) is 0.341. The van der Waals surface area contributed by atoms with Crippen LogP contribution in [0.3, 0.4) is 0 Å². The van der Waals surface area contributed by atoms with Crippen LogP contribution >= 0.6 is 11.6 Å². The largest absolute Gasteiger partial charge is 0.398 e. The molecule has 1 aromatic carbocycles. The number of nitrogens with zero attached hydrogens (tertiary/aromatic N) is 1. The van der Waals surface area contributed by atoms with Crippen molar-refractivity contribution in [2.75, 3.05) is 18.8 Å². The number of nitrogen functional groups attached to an aromatic ring is 1. The Kier molecular flexibility index (Phi) is 9.76. The summed E-state index contributed by atoms with van der Waals surface area (Å²) in [6, 6.07) is 6.16. The number of anilines is 1. The van der Waals surface area contributed by atoms with E-state index in [-0.39, 0.29) is 0 Å². The Balaban J connectivity index is 2.34. The first-order valence-electron chi connectivity index (χ1n) is 10.9. The fraction of sp³-hybridized carbons (Fsp3) is 0.462. The lowest BCUT2D eigenvalue weighted by Crippen LogP contribution is -2.41. The molecule has 1 unspecified atom stereocenters. The normalized spacial score (nSPS) is 17.8. The predicted molar refractivity (Wildman–Crippen MR) is 130 cm³/mol. The zero-order chi connectivity index (χ0) is 21.2. The lowest BCUT2D eigenvalue weighted by molar-refractivity contribution is 0.167.